The minimum Gasteiger partial charge on any atom is -0.341 e. The number of carbonyl (C=O) groups excluding carboxylic acids is 1. The molecule has 1 aromatic carbocycles. The SMILES string of the molecule is Cl.NC1CCCN(C(=O)CCNS(=O)(=O)c2c(Cl)cccc2Cl)C1. The van der Waals surface area contributed by atoms with Crippen LogP contribution in [0.2, 0.25) is 10.0 Å². The van der Waals surface area contributed by atoms with Crippen LogP contribution in [0.25, 0.3) is 0 Å². The topological polar surface area (TPSA) is 92.5 Å². The molecule has 10 heteroatoms. The molecule has 0 saturated carbocycles. The number of halogens is 3. The van der Waals surface area contributed by atoms with Crippen LogP contribution in [0.15, 0.2) is 23.1 Å². The molecule has 1 aromatic rings. The Bertz CT molecular complexity index is 665. The molecule has 1 fully saturated rings. The van der Waals surface area contributed by atoms with Crippen molar-refractivity contribution in [3.05, 3.63) is 28.2 Å². The molecule has 0 aromatic heterocycles. The van der Waals surface area contributed by atoms with Crippen molar-refractivity contribution in [1.82, 2.24) is 9.62 Å². The van der Waals surface area contributed by atoms with E-state index >= 15 is 0 Å². The van der Waals surface area contributed by atoms with Crippen molar-refractivity contribution in [3.8, 4) is 0 Å². The fraction of sp³-hybridized carbons (Fsp3) is 0.500. The lowest BCUT2D eigenvalue weighted by Crippen LogP contribution is -2.46. The van der Waals surface area contributed by atoms with E-state index in [-0.39, 0.29) is 52.3 Å². The fourth-order valence-corrected chi connectivity index (χ4v) is 4.67. The summed E-state index contributed by atoms with van der Waals surface area (Å²) in [6.07, 6.45) is 1.84. The lowest BCUT2D eigenvalue weighted by molar-refractivity contribution is -0.132. The van der Waals surface area contributed by atoms with Gasteiger partial charge >= 0.3 is 0 Å². The molecule has 0 aliphatic carbocycles. The zero-order chi connectivity index (χ0) is 17.0. The van der Waals surface area contributed by atoms with Crippen molar-refractivity contribution < 1.29 is 13.2 Å². The number of rotatable bonds is 5. The standard InChI is InChI=1S/C14H19Cl2N3O3S.ClH/c15-11-4-1-5-12(16)14(11)23(21,22)18-7-6-13(20)19-8-2-3-10(17)9-19;/h1,4-5,10,18H,2-3,6-9,17H2;1H. The van der Waals surface area contributed by atoms with E-state index in [1.807, 2.05) is 0 Å². The van der Waals surface area contributed by atoms with Gasteiger partial charge in [-0.25, -0.2) is 13.1 Å². The second kappa shape index (κ2) is 9.22. The lowest BCUT2D eigenvalue weighted by atomic mass is 10.1. The number of carbonyl (C=O) groups is 1. The van der Waals surface area contributed by atoms with Crippen molar-refractivity contribution in [3.63, 3.8) is 0 Å². The van der Waals surface area contributed by atoms with E-state index in [1.54, 1.807) is 11.0 Å². The summed E-state index contributed by atoms with van der Waals surface area (Å²) >= 11 is 11.8. The number of benzene rings is 1. The molecule has 1 unspecified atom stereocenters. The van der Waals surface area contributed by atoms with E-state index in [1.165, 1.54) is 12.1 Å². The zero-order valence-corrected chi connectivity index (χ0v) is 16.0. The zero-order valence-electron chi connectivity index (χ0n) is 12.9. The highest BCUT2D eigenvalue weighted by Gasteiger charge is 2.23. The lowest BCUT2D eigenvalue weighted by Gasteiger charge is -2.30. The number of sulfonamides is 1. The molecule has 3 N–H and O–H groups in total. The number of likely N-dealkylation sites (tertiary alicyclic amines) is 1. The molecule has 0 spiro atoms. The Morgan fingerprint density at radius 1 is 1.33 bits per heavy atom. The Kier molecular flexibility index (Phi) is 8.25. The average molecular weight is 417 g/mol. The Balaban J connectivity index is 0.00000288. The Morgan fingerprint density at radius 3 is 2.54 bits per heavy atom. The van der Waals surface area contributed by atoms with Crippen LogP contribution in [-0.2, 0) is 14.8 Å². The maximum atomic E-state index is 12.3. The van der Waals surface area contributed by atoms with Crippen molar-refractivity contribution in [1.29, 1.82) is 0 Å². The van der Waals surface area contributed by atoms with E-state index in [2.05, 4.69) is 4.72 Å². The molecule has 1 aliphatic heterocycles. The van der Waals surface area contributed by atoms with Gasteiger partial charge in [-0.05, 0) is 25.0 Å². The predicted molar refractivity (Wildman–Crippen MR) is 97.3 cm³/mol. The Labute approximate surface area is 158 Å². The summed E-state index contributed by atoms with van der Waals surface area (Å²) in [6.45, 7) is 1.16. The first-order valence-corrected chi connectivity index (χ1v) is 9.52. The minimum absolute atomic E-state index is 0. The van der Waals surface area contributed by atoms with Crippen LogP contribution in [0.3, 0.4) is 0 Å². The van der Waals surface area contributed by atoms with Gasteiger partial charge in [0.05, 0.1) is 10.0 Å². The van der Waals surface area contributed by atoms with Crippen LogP contribution < -0.4 is 10.5 Å². The summed E-state index contributed by atoms with van der Waals surface area (Å²) in [7, 11) is -3.87. The van der Waals surface area contributed by atoms with Gasteiger partial charge in [0.25, 0.3) is 0 Å². The molecule has 2 rings (SSSR count). The molecule has 1 amide bonds. The summed E-state index contributed by atoms with van der Waals surface area (Å²) in [5, 5.41) is 0.0802. The summed E-state index contributed by atoms with van der Waals surface area (Å²) in [4.78, 5) is 13.6. The van der Waals surface area contributed by atoms with Crippen molar-refractivity contribution >= 4 is 51.5 Å². The molecule has 1 saturated heterocycles. The number of nitrogens with one attached hydrogen (secondary N) is 1. The fourth-order valence-electron chi connectivity index (χ4n) is 2.50. The third-order valence-corrected chi connectivity index (χ3v) is 6.04. The molecule has 6 nitrogen and oxygen atoms in total. The van der Waals surface area contributed by atoms with Gasteiger partial charge in [0, 0.05) is 32.1 Å². The van der Waals surface area contributed by atoms with Crippen LogP contribution in [0, 0.1) is 0 Å². The van der Waals surface area contributed by atoms with Crippen LogP contribution in [-0.4, -0.2) is 44.9 Å². The van der Waals surface area contributed by atoms with E-state index < -0.39 is 10.0 Å². The minimum atomic E-state index is -3.87. The first-order valence-electron chi connectivity index (χ1n) is 7.28. The van der Waals surface area contributed by atoms with Gasteiger partial charge in [0.15, 0.2) is 0 Å². The van der Waals surface area contributed by atoms with E-state index in [0.717, 1.165) is 12.8 Å². The number of hydrogen-bond acceptors (Lipinski definition) is 4. The Morgan fingerprint density at radius 2 is 1.96 bits per heavy atom. The van der Waals surface area contributed by atoms with Crippen LogP contribution >= 0.6 is 35.6 Å². The maximum Gasteiger partial charge on any atom is 0.243 e. The normalized spacial score (nSPS) is 18.1. The number of nitrogens with two attached hydrogens (primary N) is 1. The summed E-state index contributed by atoms with van der Waals surface area (Å²) in [5.41, 5.74) is 5.84. The first kappa shape index (κ1) is 21.5. The molecule has 24 heavy (non-hydrogen) atoms. The smallest absolute Gasteiger partial charge is 0.243 e. The molecular formula is C14H20Cl3N3O3S. The van der Waals surface area contributed by atoms with Gasteiger partial charge in [0.1, 0.15) is 4.90 Å². The predicted octanol–water partition coefficient (Wildman–Crippen LogP) is 2.03. The molecular weight excluding hydrogens is 397 g/mol. The number of nitrogens with zero attached hydrogens (tertiary/aromatic N) is 1. The second-order valence-corrected chi connectivity index (χ2v) is 7.96. The van der Waals surface area contributed by atoms with Crippen molar-refractivity contribution in [2.45, 2.75) is 30.2 Å². The van der Waals surface area contributed by atoms with E-state index in [9.17, 15) is 13.2 Å². The van der Waals surface area contributed by atoms with Gasteiger partial charge in [-0.3, -0.25) is 4.79 Å². The summed E-state index contributed by atoms with van der Waals surface area (Å²) in [5.74, 6) is -0.117. The molecule has 1 atom stereocenters. The third-order valence-electron chi connectivity index (χ3n) is 3.63. The van der Waals surface area contributed by atoms with Crippen LogP contribution in [0.4, 0.5) is 0 Å². The van der Waals surface area contributed by atoms with Crippen LogP contribution in [0.1, 0.15) is 19.3 Å². The summed E-state index contributed by atoms with van der Waals surface area (Å²) < 4.78 is 26.9. The van der Waals surface area contributed by atoms with Gasteiger partial charge in [0.2, 0.25) is 15.9 Å². The van der Waals surface area contributed by atoms with Gasteiger partial charge in [-0.15, -0.1) is 12.4 Å². The van der Waals surface area contributed by atoms with Crippen molar-refractivity contribution in [2.75, 3.05) is 19.6 Å². The number of hydrogen-bond donors (Lipinski definition) is 2. The Hall–Kier alpha value is -0.570. The molecule has 0 bridgehead atoms. The van der Waals surface area contributed by atoms with Gasteiger partial charge in [-0.2, -0.15) is 0 Å². The first-order chi connectivity index (χ1) is 10.8. The van der Waals surface area contributed by atoms with E-state index in [4.69, 9.17) is 28.9 Å². The molecule has 136 valence electrons. The number of amides is 1. The quantitative estimate of drug-likeness (QED) is 0.768. The largest absolute Gasteiger partial charge is 0.341 e. The van der Waals surface area contributed by atoms with Gasteiger partial charge < -0.3 is 10.6 Å². The second-order valence-electron chi connectivity index (χ2n) is 5.44. The highest BCUT2D eigenvalue weighted by atomic mass is 35.5. The number of piperidine rings is 1. The average Bonchev–Trinajstić information content (AvgIpc) is 2.46. The maximum absolute atomic E-state index is 12.3. The van der Waals surface area contributed by atoms with Crippen molar-refractivity contribution in [2.24, 2.45) is 5.73 Å². The highest BCUT2D eigenvalue weighted by molar-refractivity contribution is 7.89. The highest BCUT2D eigenvalue weighted by Crippen LogP contribution is 2.28. The van der Waals surface area contributed by atoms with Gasteiger partial charge in [-0.1, -0.05) is 29.3 Å². The third kappa shape index (κ3) is 5.47. The molecule has 0 radical (unpaired) electrons. The monoisotopic (exact) mass is 415 g/mol. The van der Waals surface area contributed by atoms with E-state index in [0.29, 0.717) is 13.1 Å². The van der Waals surface area contributed by atoms with Crippen LogP contribution in [0.5, 0.6) is 0 Å². The molecule has 1 aliphatic rings. The summed E-state index contributed by atoms with van der Waals surface area (Å²) in [6, 6.07) is 4.45. The molecule has 1 heterocycles.